The minimum atomic E-state index is -0.467. The second-order valence-corrected chi connectivity index (χ2v) is 5.60. The summed E-state index contributed by atoms with van der Waals surface area (Å²) in [7, 11) is 0. The molecule has 0 saturated heterocycles. The molecule has 1 heterocycles. The van der Waals surface area contributed by atoms with E-state index in [4.69, 9.17) is 17.3 Å². The van der Waals surface area contributed by atoms with Crippen molar-refractivity contribution in [3.05, 3.63) is 34.7 Å². The van der Waals surface area contributed by atoms with Crippen LogP contribution in [0.25, 0.3) is 11.1 Å². The van der Waals surface area contributed by atoms with Gasteiger partial charge in [0.15, 0.2) is 5.82 Å². The van der Waals surface area contributed by atoms with Crippen LogP contribution in [0.15, 0.2) is 18.2 Å². The molecule has 2 rings (SSSR count). The van der Waals surface area contributed by atoms with Gasteiger partial charge in [0.2, 0.25) is 0 Å². The summed E-state index contributed by atoms with van der Waals surface area (Å²) < 4.78 is 14.2. The van der Waals surface area contributed by atoms with Crippen LogP contribution in [-0.2, 0) is 5.41 Å². The Balaban J connectivity index is 2.69. The smallest absolute Gasteiger partial charge is 0.153 e. The van der Waals surface area contributed by atoms with Gasteiger partial charge in [-0.15, -0.1) is 0 Å². The molecule has 0 atom stereocenters. The second-order valence-electron chi connectivity index (χ2n) is 5.20. The normalized spacial score (nSPS) is 11.8. The molecular weight excluding hydrogens is 265 g/mol. The summed E-state index contributed by atoms with van der Waals surface area (Å²) in [5.41, 5.74) is 7.54. The number of anilines is 1. The zero-order chi connectivity index (χ0) is 14.2. The van der Waals surface area contributed by atoms with Crippen LogP contribution in [0.5, 0.6) is 0 Å². The summed E-state index contributed by atoms with van der Waals surface area (Å²) in [5, 5.41) is 7.03. The number of benzene rings is 1. The Hall–Kier alpha value is -1.55. The van der Waals surface area contributed by atoms with Gasteiger partial charge in [-0.25, -0.2) is 4.39 Å². The largest absolute Gasteiger partial charge is 0.382 e. The van der Waals surface area contributed by atoms with E-state index in [1.54, 1.807) is 12.1 Å². The lowest BCUT2D eigenvalue weighted by Crippen LogP contribution is -2.17. The third-order valence-electron chi connectivity index (χ3n) is 3.58. The summed E-state index contributed by atoms with van der Waals surface area (Å²) in [6.07, 6.45) is 0.879. The van der Waals surface area contributed by atoms with Gasteiger partial charge in [0.25, 0.3) is 0 Å². The molecule has 1 aromatic carbocycles. The first-order valence-corrected chi connectivity index (χ1v) is 6.55. The maximum absolute atomic E-state index is 14.2. The van der Waals surface area contributed by atoms with Crippen LogP contribution in [0.4, 0.5) is 10.2 Å². The van der Waals surface area contributed by atoms with Crippen LogP contribution in [0.3, 0.4) is 0 Å². The van der Waals surface area contributed by atoms with Crippen molar-refractivity contribution in [1.29, 1.82) is 0 Å². The molecule has 5 heteroatoms. The van der Waals surface area contributed by atoms with E-state index in [1.165, 1.54) is 6.07 Å². The monoisotopic (exact) mass is 281 g/mol. The van der Waals surface area contributed by atoms with Crippen molar-refractivity contribution < 1.29 is 4.39 Å². The number of nitrogens with one attached hydrogen (secondary N) is 1. The zero-order valence-corrected chi connectivity index (χ0v) is 12.0. The van der Waals surface area contributed by atoms with E-state index in [2.05, 4.69) is 31.0 Å². The Morgan fingerprint density at radius 1 is 1.42 bits per heavy atom. The fourth-order valence-electron chi connectivity index (χ4n) is 1.99. The number of aromatic amines is 1. The van der Waals surface area contributed by atoms with E-state index >= 15 is 0 Å². The first kappa shape index (κ1) is 13.9. The first-order valence-electron chi connectivity index (χ1n) is 6.17. The van der Waals surface area contributed by atoms with Gasteiger partial charge in [-0.2, -0.15) is 5.10 Å². The molecule has 0 aliphatic rings. The number of H-pyrrole nitrogens is 1. The lowest BCUT2D eigenvalue weighted by atomic mass is 9.82. The van der Waals surface area contributed by atoms with E-state index in [0.717, 1.165) is 12.1 Å². The molecule has 0 unspecified atom stereocenters. The average Bonchev–Trinajstić information content (AvgIpc) is 2.75. The summed E-state index contributed by atoms with van der Waals surface area (Å²) in [6.45, 7) is 6.19. The van der Waals surface area contributed by atoms with Gasteiger partial charge in [-0.05, 0) is 12.5 Å². The Morgan fingerprint density at radius 2 is 2.11 bits per heavy atom. The molecule has 0 aliphatic carbocycles. The van der Waals surface area contributed by atoms with Gasteiger partial charge in [-0.1, -0.05) is 44.5 Å². The van der Waals surface area contributed by atoms with Crippen LogP contribution in [0.1, 0.15) is 32.9 Å². The number of nitrogen functional groups attached to an aromatic ring is 1. The SMILES string of the molecule is CCC(C)(C)c1[nH]nc(N)c1-c1cccc(Cl)c1F. The molecule has 2 aromatic rings. The number of nitrogens with zero attached hydrogens (tertiary/aromatic N) is 1. The highest BCUT2D eigenvalue weighted by Crippen LogP contribution is 2.39. The number of rotatable bonds is 3. The standard InChI is InChI=1S/C14H17ClFN3/c1-4-14(2,3)12-10(13(17)19-18-12)8-6-5-7-9(15)11(8)16/h5-7H,4H2,1-3H3,(H3,17,18,19). The van der Waals surface area contributed by atoms with Crippen molar-refractivity contribution in [2.75, 3.05) is 5.73 Å². The molecule has 102 valence electrons. The highest BCUT2D eigenvalue weighted by atomic mass is 35.5. The predicted molar refractivity (Wildman–Crippen MR) is 76.7 cm³/mol. The number of hydrogen-bond donors (Lipinski definition) is 2. The van der Waals surface area contributed by atoms with Crippen LogP contribution < -0.4 is 5.73 Å². The number of aromatic nitrogens is 2. The molecule has 0 saturated carbocycles. The Kier molecular flexibility index (Phi) is 3.54. The summed E-state index contributed by atoms with van der Waals surface area (Å²) in [5.74, 6) is -0.178. The summed E-state index contributed by atoms with van der Waals surface area (Å²) in [4.78, 5) is 0. The van der Waals surface area contributed by atoms with E-state index in [-0.39, 0.29) is 16.3 Å². The van der Waals surface area contributed by atoms with Gasteiger partial charge in [-0.3, -0.25) is 5.10 Å². The van der Waals surface area contributed by atoms with E-state index < -0.39 is 5.82 Å². The maximum atomic E-state index is 14.2. The van der Waals surface area contributed by atoms with Gasteiger partial charge in [0.1, 0.15) is 5.82 Å². The fraction of sp³-hybridized carbons (Fsp3) is 0.357. The van der Waals surface area contributed by atoms with Crippen molar-refractivity contribution in [1.82, 2.24) is 10.2 Å². The predicted octanol–water partition coefficient (Wildman–Crippen LogP) is 4.14. The lowest BCUT2D eigenvalue weighted by Gasteiger charge is -2.23. The molecule has 0 fully saturated rings. The maximum Gasteiger partial charge on any atom is 0.153 e. The van der Waals surface area contributed by atoms with Gasteiger partial charge in [0, 0.05) is 11.0 Å². The number of nitrogens with two attached hydrogens (primary N) is 1. The molecule has 0 radical (unpaired) electrons. The minimum Gasteiger partial charge on any atom is -0.382 e. The molecular formula is C14H17ClFN3. The van der Waals surface area contributed by atoms with E-state index in [1.807, 2.05) is 0 Å². The third-order valence-corrected chi connectivity index (χ3v) is 3.87. The fourth-order valence-corrected chi connectivity index (χ4v) is 2.17. The van der Waals surface area contributed by atoms with Gasteiger partial charge in [0.05, 0.1) is 16.3 Å². The van der Waals surface area contributed by atoms with Crippen LogP contribution in [0.2, 0.25) is 5.02 Å². The zero-order valence-electron chi connectivity index (χ0n) is 11.2. The lowest BCUT2D eigenvalue weighted by molar-refractivity contribution is 0.490. The van der Waals surface area contributed by atoms with Crippen molar-refractivity contribution in [3.8, 4) is 11.1 Å². The molecule has 1 aromatic heterocycles. The van der Waals surface area contributed by atoms with Crippen LogP contribution in [-0.4, -0.2) is 10.2 Å². The second kappa shape index (κ2) is 4.85. The number of halogens is 2. The molecule has 0 amide bonds. The van der Waals surface area contributed by atoms with Crippen LogP contribution >= 0.6 is 11.6 Å². The van der Waals surface area contributed by atoms with Gasteiger partial charge < -0.3 is 5.73 Å². The Labute approximate surface area is 117 Å². The molecule has 0 aliphatic heterocycles. The molecule has 3 nitrogen and oxygen atoms in total. The highest BCUT2D eigenvalue weighted by Gasteiger charge is 2.28. The molecule has 0 bridgehead atoms. The highest BCUT2D eigenvalue weighted by molar-refractivity contribution is 6.31. The first-order chi connectivity index (χ1) is 8.88. The quantitative estimate of drug-likeness (QED) is 0.888. The minimum absolute atomic E-state index is 0.0818. The van der Waals surface area contributed by atoms with Gasteiger partial charge >= 0.3 is 0 Å². The summed E-state index contributed by atoms with van der Waals surface area (Å²) in [6, 6.07) is 4.88. The summed E-state index contributed by atoms with van der Waals surface area (Å²) >= 11 is 5.84. The Morgan fingerprint density at radius 3 is 2.74 bits per heavy atom. The topological polar surface area (TPSA) is 54.7 Å². The average molecular weight is 282 g/mol. The van der Waals surface area contributed by atoms with Crippen molar-refractivity contribution in [2.24, 2.45) is 0 Å². The van der Waals surface area contributed by atoms with E-state index in [0.29, 0.717) is 11.1 Å². The van der Waals surface area contributed by atoms with Crippen molar-refractivity contribution in [3.63, 3.8) is 0 Å². The van der Waals surface area contributed by atoms with E-state index in [9.17, 15) is 4.39 Å². The third kappa shape index (κ3) is 2.32. The van der Waals surface area contributed by atoms with Crippen molar-refractivity contribution in [2.45, 2.75) is 32.6 Å². The molecule has 3 N–H and O–H groups in total. The number of hydrogen-bond acceptors (Lipinski definition) is 2. The van der Waals surface area contributed by atoms with Crippen LogP contribution in [0, 0.1) is 5.82 Å². The van der Waals surface area contributed by atoms with Crippen molar-refractivity contribution >= 4 is 17.4 Å². The molecule has 19 heavy (non-hydrogen) atoms. The Bertz CT molecular complexity index is 605. The molecule has 0 spiro atoms.